The van der Waals surface area contributed by atoms with Crippen molar-refractivity contribution in [1.82, 2.24) is 9.78 Å². The zero-order valence-corrected chi connectivity index (χ0v) is 7.03. The lowest BCUT2D eigenvalue weighted by atomic mass is 10.2. The van der Waals surface area contributed by atoms with Crippen molar-refractivity contribution in [1.29, 1.82) is 0 Å². The number of hydrogen-bond donors (Lipinski definition) is 1. The molecule has 0 radical (unpaired) electrons. The summed E-state index contributed by atoms with van der Waals surface area (Å²) in [6.07, 6.45) is 1.44. The summed E-state index contributed by atoms with van der Waals surface area (Å²) in [6.45, 7) is 5.20. The highest BCUT2D eigenvalue weighted by Crippen LogP contribution is 2.13. The summed E-state index contributed by atoms with van der Waals surface area (Å²) in [6, 6.07) is 0. The molecule has 0 unspecified atom stereocenters. The van der Waals surface area contributed by atoms with Crippen LogP contribution in [0.15, 0.2) is 6.58 Å². The zero-order chi connectivity index (χ0) is 9.30. The summed E-state index contributed by atoms with van der Waals surface area (Å²) in [7, 11) is 1.70. The van der Waals surface area contributed by atoms with Gasteiger partial charge in [-0.05, 0) is 13.0 Å². The van der Waals surface area contributed by atoms with Crippen LogP contribution in [0.4, 0.5) is 0 Å². The number of carboxylic acids is 1. The van der Waals surface area contributed by atoms with E-state index >= 15 is 0 Å². The molecule has 1 rings (SSSR count). The Morgan fingerprint density at radius 2 is 2.33 bits per heavy atom. The van der Waals surface area contributed by atoms with Crippen LogP contribution < -0.4 is 0 Å². The number of aromatic carboxylic acids is 1. The molecule has 1 heterocycles. The summed E-state index contributed by atoms with van der Waals surface area (Å²) >= 11 is 0. The molecular formula is C8H10N2O2. The average molecular weight is 166 g/mol. The van der Waals surface area contributed by atoms with Crippen LogP contribution in [0, 0.1) is 6.92 Å². The van der Waals surface area contributed by atoms with Crippen molar-refractivity contribution in [2.24, 2.45) is 7.05 Å². The molecule has 0 aliphatic rings. The van der Waals surface area contributed by atoms with E-state index in [1.807, 2.05) is 0 Å². The highest BCUT2D eigenvalue weighted by molar-refractivity contribution is 5.92. The third-order valence-corrected chi connectivity index (χ3v) is 1.77. The minimum atomic E-state index is -0.962. The summed E-state index contributed by atoms with van der Waals surface area (Å²) < 4.78 is 1.53. The molecule has 1 aromatic heterocycles. The zero-order valence-electron chi connectivity index (χ0n) is 7.03. The molecule has 0 atom stereocenters. The summed E-state index contributed by atoms with van der Waals surface area (Å²) in [5, 5.41) is 12.8. The Morgan fingerprint density at radius 3 is 2.67 bits per heavy atom. The Hall–Kier alpha value is -1.58. The molecular weight excluding hydrogens is 156 g/mol. The third kappa shape index (κ3) is 1.11. The van der Waals surface area contributed by atoms with E-state index in [0.717, 1.165) is 0 Å². The molecule has 1 aromatic rings. The average Bonchev–Trinajstić information content (AvgIpc) is 2.28. The fourth-order valence-corrected chi connectivity index (χ4v) is 1.04. The molecule has 0 amide bonds. The molecule has 0 spiro atoms. The van der Waals surface area contributed by atoms with Gasteiger partial charge in [-0.25, -0.2) is 4.79 Å². The maximum atomic E-state index is 10.7. The molecule has 0 fully saturated rings. The van der Waals surface area contributed by atoms with Gasteiger partial charge in [-0.1, -0.05) is 6.58 Å². The van der Waals surface area contributed by atoms with Gasteiger partial charge >= 0.3 is 5.97 Å². The molecule has 1 N–H and O–H groups in total. The fourth-order valence-electron chi connectivity index (χ4n) is 1.04. The number of carbonyl (C=O) groups is 1. The molecule has 0 bridgehead atoms. The van der Waals surface area contributed by atoms with Crippen LogP contribution in [0.1, 0.15) is 21.7 Å². The van der Waals surface area contributed by atoms with Gasteiger partial charge in [0.2, 0.25) is 0 Å². The standard InChI is InChI=1S/C8H10N2O2/c1-4-6-7(8(11)12)5(2)10(3)9-6/h4H,1H2,2-3H3,(H,11,12). The monoisotopic (exact) mass is 166 g/mol. The molecule has 12 heavy (non-hydrogen) atoms. The van der Waals surface area contributed by atoms with Gasteiger partial charge in [0.25, 0.3) is 0 Å². The Morgan fingerprint density at radius 1 is 1.75 bits per heavy atom. The first-order chi connectivity index (χ1) is 5.57. The van der Waals surface area contributed by atoms with Gasteiger partial charge < -0.3 is 5.11 Å². The summed E-state index contributed by atoms with van der Waals surface area (Å²) in [5.74, 6) is -0.962. The van der Waals surface area contributed by atoms with Gasteiger partial charge in [-0.2, -0.15) is 5.10 Å². The van der Waals surface area contributed by atoms with E-state index in [0.29, 0.717) is 11.4 Å². The second-order valence-corrected chi connectivity index (χ2v) is 2.48. The SMILES string of the molecule is C=Cc1nn(C)c(C)c1C(=O)O. The summed E-state index contributed by atoms with van der Waals surface area (Å²) in [5.41, 5.74) is 1.28. The highest BCUT2D eigenvalue weighted by atomic mass is 16.4. The number of hydrogen-bond acceptors (Lipinski definition) is 2. The van der Waals surface area contributed by atoms with Crippen molar-refractivity contribution in [2.45, 2.75) is 6.92 Å². The van der Waals surface area contributed by atoms with E-state index in [2.05, 4.69) is 11.7 Å². The van der Waals surface area contributed by atoms with Crippen molar-refractivity contribution in [3.63, 3.8) is 0 Å². The Kier molecular flexibility index (Phi) is 1.99. The second-order valence-electron chi connectivity index (χ2n) is 2.48. The van der Waals surface area contributed by atoms with E-state index in [1.165, 1.54) is 10.8 Å². The van der Waals surface area contributed by atoms with Crippen LogP contribution in [-0.2, 0) is 7.05 Å². The van der Waals surface area contributed by atoms with E-state index in [9.17, 15) is 4.79 Å². The van der Waals surface area contributed by atoms with Crippen LogP contribution in [0.25, 0.3) is 6.08 Å². The first-order valence-electron chi connectivity index (χ1n) is 3.47. The Balaban J connectivity index is 3.40. The number of aryl methyl sites for hydroxylation is 1. The number of nitrogens with zero attached hydrogens (tertiary/aromatic N) is 2. The van der Waals surface area contributed by atoms with E-state index in [1.54, 1.807) is 14.0 Å². The molecule has 0 aliphatic heterocycles. The molecule has 0 aromatic carbocycles. The highest BCUT2D eigenvalue weighted by Gasteiger charge is 2.16. The number of rotatable bonds is 2. The largest absolute Gasteiger partial charge is 0.478 e. The summed E-state index contributed by atoms with van der Waals surface area (Å²) in [4.78, 5) is 10.7. The first-order valence-corrected chi connectivity index (χ1v) is 3.47. The van der Waals surface area contributed by atoms with E-state index in [-0.39, 0.29) is 5.56 Å². The smallest absolute Gasteiger partial charge is 0.339 e. The number of aromatic nitrogens is 2. The molecule has 4 nitrogen and oxygen atoms in total. The van der Waals surface area contributed by atoms with Crippen molar-refractivity contribution >= 4 is 12.0 Å². The predicted octanol–water partition coefficient (Wildman–Crippen LogP) is 1.07. The van der Waals surface area contributed by atoms with E-state index < -0.39 is 5.97 Å². The fraction of sp³-hybridized carbons (Fsp3) is 0.250. The maximum absolute atomic E-state index is 10.7. The van der Waals surface area contributed by atoms with Gasteiger partial charge in [-0.3, -0.25) is 4.68 Å². The van der Waals surface area contributed by atoms with Gasteiger partial charge in [0, 0.05) is 7.05 Å². The molecule has 64 valence electrons. The molecule has 0 saturated heterocycles. The Bertz CT molecular complexity index is 339. The van der Waals surface area contributed by atoms with Gasteiger partial charge in [-0.15, -0.1) is 0 Å². The minimum Gasteiger partial charge on any atom is -0.478 e. The first kappa shape index (κ1) is 8.52. The lowest BCUT2D eigenvalue weighted by Gasteiger charge is -1.93. The molecule has 4 heteroatoms. The quantitative estimate of drug-likeness (QED) is 0.715. The minimum absolute atomic E-state index is 0.229. The van der Waals surface area contributed by atoms with Crippen LogP contribution in [0.5, 0.6) is 0 Å². The van der Waals surface area contributed by atoms with E-state index in [4.69, 9.17) is 5.11 Å². The van der Waals surface area contributed by atoms with Crippen LogP contribution in [0.2, 0.25) is 0 Å². The van der Waals surface area contributed by atoms with Crippen LogP contribution in [-0.4, -0.2) is 20.9 Å². The predicted molar refractivity (Wildman–Crippen MR) is 45.0 cm³/mol. The number of carboxylic acid groups (broad SMARTS) is 1. The van der Waals surface area contributed by atoms with Crippen molar-refractivity contribution in [3.8, 4) is 0 Å². The normalized spacial score (nSPS) is 9.83. The Labute approximate surface area is 70.1 Å². The van der Waals surface area contributed by atoms with Gasteiger partial charge in [0.1, 0.15) is 5.56 Å². The maximum Gasteiger partial charge on any atom is 0.339 e. The third-order valence-electron chi connectivity index (χ3n) is 1.77. The molecule has 0 saturated carbocycles. The van der Waals surface area contributed by atoms with Crippen LogP contribution >= 0.6 is 0 Å². The second kappa shape index (κ2) is 2.81. The lowest BCUT2D eigenvalue weighted by molar-refractivity contribution is 0.0696. The van der Waals surface area contributed by atoms with Crippen molar-refractivity contribution < 1.29 is 9.90 Å². The van der Waals surface area contributed by atoms with Gasteiger partial charge in [0.05, 0.1) is 11.4 Å². The van der Waals surface area contributed by atoms with Crippen molar-refractivity contribution in [3.05, 3.63) is 23.5 Å². The van der Waals surface area contributed by atoms with Crippen molar-refractivity contribution in [2.75, 3.05) is 0 Å². The van der Waals surface area contributed by atoms with Gasteiger partial charge in [0.15, 0.2) is 0 Å². The topological polar surface area (TPSA) is 55.1 Å². The lowest BCUT2D eigenvalue weighted by Crippen LogP contribution is -2.00. The van der Waals surface area contributed by atoms with Crippen LogP contribution in [0.3, 0.4) is 0 Å². The molecule has 0 aliphatic carbocycles.